The van der Waals surface area contributed by atoms with Gasteiger partial charge in [0.05, 0.1) is 0 Å². The molecule has 0 aromatic carbocycles. The van der Waals surface area contributed by atoms with Gasteiger partial charge >= 0.3 is 0 Å². The third kappa shape index (κ3) is 1.65. The van der Waals surface area contributed by atoms with Gasteiger partial charge in [-0.2, -0.15) is 0 Å². The maximum atomic E-state index is 2.48. The average Bonchev–Trinajstić information content (AvgIpc) is 2.42. The number of fused-ring (bicyclic) bond motifs is 1. The van der Waals surface area contributed by atoms with Crippen LogP contribution in [0.15, 0.2) is 0 Å². The Kier molecular flexibility index (Phi) is 2.66. The third-order valence-electron chi connectivity index (χ3n) is 3.69. The number of rotatable bonds is 1. The summed E-state index contributed by atoms with van der Waals surface area (Å²) in [7, 11) is 0. The number of nitrogens with zero attached hydrogens (tertiary/aromatic N) is 1. The lowest BCUT2D eigenvalue weighted by Gasteiger charge is -2.16. The molecule has 2 heteroatoms. The maximum Gasteiger partial charge on any atom is 0.0201 e. The maximum absolute atomic E-state index is 2.48. The van der Waals surface area contributed by atoms with Crippen molar-refractivity contribution in [1.82, 2.24) is 3.11 Å². The lowest BCUT2D eigenvalue weighted by molar-refractivity contribution is 0.357. The van der Waals surface area contributed by atoms with Crippen LogP contribution in [-0.2, 0) is 0 Å². The van der Waals surface area contributed by atoms with Gasteiger partial charge in [0.25, 0.3) is 0 Å². The van der Waals surface area contributed by atoms with Crippen molar-refractivity contribution in [2.24, 2.45) is 23.7 Å². The summed E-state index contributed by atoms with van der Waals surface area (Å²) >= 11 is 2.48. The van der Waals surface area contributed by atoms with E-state index in [1.54, 1.807) is 0 Å². The van der Waals surface area contributed by atoms with Gasteiger partial charge in [-0.1, -0.05) is 13.8 Å². The van der Waals surface area contributed by atoms with E-state index in [0.717, 1.165) is 23.7 Å². The van der Waals surface area contributed by atoms with E-state index >= 15 is 0 Å². The van der Waals surface area contributed by atoms with E-state index in [4.69, 9.17) is 0 Å². The molecular weight excluding hydrogens is 261 g/mol. The normalized spacial score (nSPS) is 42.5. The summed E-state index contributed by atoms with van der Waals surface area (Å²) in [5.74, 6) is 4.02. The first-order valence-corrected chi connectivity index (χ1v) is 6.04. The Bertz CT molecular complexity index is 155. The third-order valence-corrected chi connectivity index (χ3v) is 4.47. The van der Waals surface area contributed by atoms with Crippen LogP contribution in [0, 0.1) is 23.7 Å². The second-order valence-electron chi connectivity index (χ2n) is 4.82. The second kappa shape index (κ2) is 3.45. The van der Waals surface area contributed by atoms with Crippen molar-refractivity contribution in [3.63, 3.8) is 0 Å². The van der Waals surface area contributed by atoms with Crippen LogP contribution >= 0.6 is 22.9 Å². The molecule has 2 fully saturated rings. The summed E-state index contributed by atoms with van der Waals surface area (Å²) in [5.41, 5.74) is 0. The van der Waals surface area contributed by atoms with Crippen molar-refractivity contribution in [3.05, 3.63) is 0 Å². The fourth-order valence-electron chi connectivity index (χ4n) is 2.83. The Hall–Kier alpha value is 0.690. The van der Waals surface area contributed by atoms with Crippen molar-refractivity contribution in [2.75, 3.05) is 13.1 Å². The van der Waals surface area contributed by atoms with E-state index in [1.807, 2.05) is 0 Å². The SMILES string of the molecule is CC(C)C1CC2CN(I)CC2C1. The molecule has 1 aliphatic heterocycles. The summed E-state index contributed by atoms with van der Waals surface area (Å²) in [4.78, 5) is 0. The van der Waals surface area contributed by atoms with Gasteiger partial charge in [-0.15, -0.1) is 0 Å². The first-order valence-electron chi connectivity index (χ1n) is 5.07. The molecule has 70 valence electrons. The molecule has 0 aromatic rings. The van der Waals surface area contributed by atoms with Crippen LogP contribution < -0.4 is 0 Å². The van der Waals surface area contributed by atoms with Crippen molar-refractivity contribution in [3.8, 4) is 0 Å². The summed E-state index contributed by atoms with van der Waals surface area (Å²) in [5, 5.41) is 0. The molecule has 2 aliphatic rings. The van der Waals surface area contributed by atoms with Crippen LogP contribution in [0.5, 0.6) is 0 Å². The zero-order chi connectivity index (χ0) is 8.72. The molecule has 1 aliphatic carbocycles. The minimum Gasteiger partial charge on any atom is -0.247 e. The molecule has 1 nitrogen and oxygen atoms in total. The highest BCUT2D eigenvalue weighted by Gasteiger charge is 2.40. The monoisotopic (exact) mass is 279 g/mol. The topological polar surface area (TPSA) is 3.24 Å². The summed E-state index contributed by atoms with van der Waals surface area (Å²) < 4.78 is 2.48. The molecule has 2 rings (SSSR count). The molecule has 2 atom stereocenters. The fraction of sp³-hybridized carbons (Fsp3) is 1.00. The second-order valence-corrected chi connectivity index (χ2v) is 6.19. The quantitative estimate of drug-likeness (QED) is 0.527. The summed E-state index contributed by atoms with van der Waals surface area (Å²) in [6.07, 6.45) is 3.00. The van der Waals surface area contributed by atoms with Crippen molar-refractivity contribution >= 4 is 22.9 Å². The smallest absolute Gasteiger partial charge is 0.0201 e. The minimum absolute atomic E-state index is 0.915. The predicted molar refractivity (Wildman–Crippen MR) is 60.1 cm³/mol. The van der Waals surface area contributed by atoms with Gasteiger partial charge in [0.15, 0.2) is 0 Å². The molecular formula is C10H18IN. The van der Waals surface area contributed by atoms with Crippen molar-refractivity contribution in [2.45, 2.75) is 26.7 Å². The molecule has 0 bridgehead atoms. The van der Waals surface area contributed by atoms with Crippen LogP contribution in [0.3, 0.4) is 0 Å². The Balaban J connectivity index is 1.93. The Morgan fingerprint density at radius 1 is 1.17 bits per heavy atom. The van der Waals surface area contributed by atoms with E-state index in [1.165, 1.54) is 25.9 Å². The Morgan fingerprint density at radius 2 is 1.67 bits per heavy atom. The van der Waals surface area contributed by atoms with Gasteiger partial charge in [-0.05, 0) is 36.5 Å². The van der Waals surface area contributed by atoms with Crippen molar-refractivity contribution < 1.29 is 0 Å². The van der Waals surface area contributed by atoms with Crippen LogP contribution in [0.2, 0.25) is 0 Å². The van der Waals surface area contributed by atoms with Crippen LogP contribution in [0.1, 0.15) is 26.7 Å². The van der Waals surface area contributed by atoms with Gasteiger partial charge in [0.1, 0.15) is 0 Å². The first kappa shape index (κ1) is 9.25. The molecule has 0 aromatic heterocycles. The lowest BCUT2D eigenvalue weighted by atomic mass is 9.93. The van der Waals surface area contributed by atoms with Gasteiger partial charge in [-0.3, -0.25) is 0 Å². The molecule has 0 N–H and O–H groups in total. The Morgan fingerprint density at radius 3 is 2.08 bits per heavy atom. The van der Waals surface area contributed by atoms with Crippen LogP contribution in [-0.4, -0.2) is 16.2 Å². The van der Waals surface area contributed by atoms with E-state index < -0.39 is 0 Å². The molecule has 2 unspecified atom stereocenters. The molecule has 12 heavy (non-hydrogen) atoms. The van der Waals surface area contributed by atoms with Gasteiger partial charge in [0, 0.05) is 36.0 Å². The highest BCUT2D eigenvalue weighted by atomic mass is 127. The largest absolute Gasteiger partial charge is 0.247 e. The first-order chi connectivity index (χ1) is 5.66. The predicted octanol–water partition coefficient (Wildman–Crippen LogP) is 2.95. The average molecular weight is 279 g/mol. The molecule has 1 saturated heterocycles. The van der Waals surface area contributed by atoms with Gasteiger partial charge in [-0.25, -0.2) is 3.11 Å². The highest BCUT2D eigenvalue weighted by Crippen LogP contribution is 2.44. The van der Waals surface area contributed by atoms with E-state index in [2.05, 4.69) is 39.8 Å². The van der Waals surface area contributed by atoms with Crippen LogP contribution in [0.25, 0.3) is 0 Å². The molecule has 1 heterocycles. The van der Waals surface area contributed by atoms with Gasteiger partial charge in [0.2, 0.25) is 0 Å². The number of halogens is 1. The standard InChI is InChI=1S/C10H18IN/c1-7(2)8-3-9-5-12(11)6-10(9)4-8/h7-10H,3-6H2,1-2H3. The van der Waals surface area contributed by atoms with Crippen molar-refractivity contribution in [1.29, 1.82) is 0 Å². The summed E-state index contributed by atoms with van der Waals surface area (Å²) in [6, 6.07) is 0. The van der Waals surface area contributed by atoms with Crippen LogP contribution in [0.4, 0.5) is 0 Å². The van der Waals surface area contributed by atoms with E-state index in [0.29, 0.717) is 0 Å². The zero-order valence-corrected chi connectivity index (χ0v) is 10.1. The molecule has 0 spiro atoms. The van der Waals surface area contributed by atoms with E-state index in [-0.39, 0.29) is 0 Å². The van der Waals surface area contributed by atoms with Gasteiger partial charge < -0.3 is 0 Å². The highest BCUT2D eigenvalue weighted by molar-refractivity contribution is 14.1. The lowest BCUT2D eigenvalue weighted by Crippen LogP contribution is -2.12. The van der Waals surface area contributed by atoms with E-state index in [9.17, 15) is 0 Å². The summed E-state index contributed by atoms with van der Waals surface area (Å²) in [6.45, 7) is 7.48. The zero-order valence-electron chi connectivity index (χ0n) is 7.96. The minimum atomic E-state index is 0.915. The molecule has 1 saturated carbocycles. The number of hydrogen-bond donors (Lipinski definition) is 0. The molecule has 0 amide bonds. The molecule has 0 radical (unpaired) electrons. The Labute approximate surface area is 89.4 Å². The fourth-order valence-corrected chi connectivity index (χ4v) is 3.85. The number of hydrogen-bond acceptors (Lipinski definition) is 1.